The zero-order valence-electron chi connectivity index (χ0n) is 13.2. The lowest BCUT2D eigenvalue weighted by molar-refractivity contribution is 0.0423. The average Bonchev–Trinajstić information content (AvgIpc) is 2.96. The van der Waals surface area contributed by atoms with Crippen LogP contribution in [0.5, 0.6) is 0 Å². The summed E-state index contributed by atoms with van der Waals surface area (Å²) < 4.78 is 5.18. The zero-order chi connectivity index (χ0) is 16.3. The summed E-state index contributed by atoms with van der Waals surface area (Å²) in [5, 5.41) is 11.1. The van der Waals surface area contributed by atoms with Crippen LogP contribution in [0.2, 0.25) is 0 Å². The molecule has 0 radical (unpaired) electrons. The second-order valence-corrected chi connectivity index (χ2v) is 5.86. The quantitative estimate of drug-likeness (QED) is 0.944. The van der Waals surface area contributed by atoms with Gasteiger partial charge in [-0.3, -0.25) is 4.90 Å². The van der Waals surface area contributed by atoms with E-state index < -0.39 is 5.60 Å². The van der Waals surface area contributed by atoms with Gasteiger partial charge in [0.25, 0.3) is 0 Å². The predicted octanol–water partition coefficient (Wildman–Crippen LogP) is 3.48. The molecule has 1 saturated heterocycles. The first-order chi connectivity index (χ1) is 11.1. The first-order valence-electron chi connectivity index (χ1n) is 7.90. The van der Waals surface area contributed by atoms with Gasteiger partial charge in [0, 0.05) is 6.42 Å². The lowest BCUT2D eigenvalue weighted by Crippen LogP contribution is -2.35. The molecule has 0 aliphatic carbocycles. The number of aliphatic hydroxyl groups is 1. The van der Waals surface area contributed by atoms with Crippen molar-refractivity contribution in [1.29, 1.82) is 0 Å². The van der Waals surface area contributed by atoms with Crippen molar-refractivity contribution in [3.05, 3.63) is 71.8 Å². The maximum atomic E-state index is 12.3. The van der Waals surface area contributed by atoms with Gasteiger partial charge in [0.05, 0.1) is 19.2 Å². The van der Waals surface area contributed by atoms with E-state index in [9.17, 15) is 9.90 Å². The smallest absolute Gasteiger partial charge is 0.410 e. The van der Waals surface area contributed by atoms with E-state index in [2.05, 4.69) is 0 Å². The number of hydrogen-bond acceptors (Lipinski definition) is 3. The summed E-state index contributed by atoms with van der Waals surface area (Å²) in [4.78, 5) is 14.0. The van der Waals surface area contributed by atoms with Crippen molar-refractivity contribution in [2.75, 3.05) is 13.2 Å². The van der Waals surface area contributed by atoms with Crippen LogP contribution in [-0.2, 0) is 10.3 Å². The fraction of sp³-hybridized carbons (Fsp3) is 0.316. The van der Waals surface area contributed by atoms with Crippen molar-refractivity contribution in [3.63, 3.8) is 0 Å². The second kappa shape index (κ2) is 6.42. The summed E-state index contributed by atoms with van der Waals surface area (Å²) >= 11 is 0. The van der Waals surface area contributed by atoms with E-state index in [-0.39, 0.29) is 18.7 Å². The monoisotopic (exact) mass is 311 g/mol. The Bertz CT molecular complexity index is 659. The summed E-state index contributed by atoms with van der Waals surface area (Å²) in [6, 6.07) is 19.1. The molecule has 4 nitrogen and oxygen atoms in total. The molecular weight excluding hydrogens is 290 g/mol. The molecule has 1 amide bonds. The summed E-state index contributed by atoms with van der Waals surface area (Å²) in [6.07, 6.45) is 0.0769. The second-order valence-electron chi connectivity index (χ2n) is 5.86. The van der Waals surface area contributed by atoms with Crippen LogP contribution in [0, 0.1) is 0 Å². The fourth-order valence-corrected chi connectivity index (χ4v) is 3.22. The Morgan fingerprint density at radius 3 is 2.39 bits per heavy atom. The molecule has 1 heterocycles. The maximum absolute atomic E-state index is 12.3. The number of likely N-dealkylation sites (tertiary alicyclic amines) is 1. The molecule has 23 heavy (non-hydrogen) atoms. The number of hydrogen-bond donors (Lipinski definition) is 1. The Hall–Kier alpha value is -2.33. The molecule has 0 aromatic heterocycles. The van der Waals surface area contributed by atoms with Crippen LogP contribution in [0.4, 0.5) is 4.79 Å². The van der Waals surface area contributed by atoms with Gasteiger partial charge in [-0.05, 0) is 18.1 Å². The van der Waals surface area contributed by atoms with Crippen molar-refractivity contribution < 1.29 is 14.6 Å². The van der Waals surface area contributed by atoms with Crippen LogP contribution in [-0.4, -0.2) is 29.3 Å². The topological polar surface area (TPSA) is 49.8 Å². The van der Waals surface area contributed by atoms with Gasteiger partial charge >= 0.3 is 6.09 Å². The molecule has 0 bridgehead atoms. The van der Waals surface area contributed by atoms with E-state index in [0.29, 0.717) is 13.0 Å². The van der Waals surface area contributed by atoms with E-state index in [1.165, 1.54) is 0 Å². The molecule has 1 N–H and O–H groups in total. The zero-order valence-corrected chi connectivity index (χ0v) is 13.2. The lowest BCUT2D eigenvalue weighted by atomic mass is 9.89. The van der Waals surface area contributed by atoms with Crippen molar-refractivity contribution in [2.45, 2.75) is 25.0 Å². The first-order valence-corrected chi connectivity index (χ1v) is 7.90. The molecule has 1 aliphatic heterocycles. The maximum Gasteiger partial charge on any atom is 0.410 e. The SMILES string of the molecule is CCOC(=O)N1CC(O)(c2ccccc2)CC1c1ccccc1. The van der Waals surface area contributed by atoms with Gasteiger partial charge in [-0.1, -0.05) is 60.7 Å². The van der Waals surface area contributed by atoms with Gasteiger partial charge in [-0.25, -0.2) is 4.79 Å². The van der Waals surface area contributed by atoms with Crippen LogP contribution in [0.15, 0.2) is 60.7 Å². The van der Waals surface area contributed by atoms with Crippen LogP contribution in [0.1, 0.15) is 30.5 Å². The summed E-state index contributed by atoms with van der Waals surface area (Å²) in [6.45, 7) is 2.34. The standard InChI is InChI=1S/C19H21NO3/c1-2-23-18(21)20-14-19(22,16-11-7-4-8-12-16)13-17(20)15-9-5-3-6-10-15/h3-12,17,22H,2,13-14H2,1H3. The van der Waals surface area contributed by atoms with E-state index in [1.807, 2.05) is 60.7 Å². The normalized spacial score (nSPS) is 23.7. The highest BCUT2D eigenvalue weighted by atomic mass is 16.6. The number of rotatable bonds is 3. The van der Waals surface area contributed by atoms with Crippen LogP contribution >= 0.6 is 0 Å². The van der Waals surface area contributed by atoms with Gasteiger partial charge in [-0.15, -0.1) is 0 Å². The Kier molecular flexibility index (Phi) is 4.35. The molecule has 1 fully saturated rings. The number of nitrogens with zero attached hydrogens (tertiary/aromatic N) is 1. The molecule has 0 saturated carbocycles. The van der Waals surface area contributed by atoms with Crippen LogP contribution in [0.3, 0.4) is 0 Å². The molecule has 3 rings (SSSR count). The van der Waals surface area contributed by atoms with Gasteiger partial charge < -0.3 is 9.84 Å². The Morgan fingerprint density at radius 2 is 1.78 bits per heavy atom. The molecule has 2 unspecified atom stereocenters. The van der Waals surface area contributed by atoms with E-state index in [0.717, 1.165) is 11.1 Å². The minimum absolute atomic E-state index is 0.194. The minimum atomic E-state index is -1.06. The number of β-amino-alcohol motifs (C(OH)–C–C–N with tert-alkyl or cyclic N) is 1. The largest absolute Gasteiger partial charge is 0.450 e. The average molecular weight is 311 g/mol. The van der Waals surface area contributed by atoms with Crippen molar-refractivity contribution in [3.8, 4) is 0 Å². The van der Waals surface area contributed by atoms with E-state index in [4.69, 9.17) is 4.74 Å². The summed E-state index contributed by atoms with van der Waals surface area (Å²) in [7, 11) is 0. The van der Waals surface area contributed by atoms with Gasteiger partial charge in [-0.2, -0.15) is 0 Å². The number of carbonyl (C=O) groups excluding carboxylic acids is 1. The van der Waals surface area contributed by atoms with E-state index in [1.54, 1.807) is 11.8 Å². The summed E-state index contributed by atoms with van der Waals surface area (Å²) in [5.41, 5.74) is 0.772. The van der Waals surface area contributed by atoms with Crippen molar-refractivity contribution >= 4 is 6.09 Å². The predicted molar refractivity (Wildman–Crippen MR) is 87.9 cm³/mol. The van der Waals surface area contributed by atoms with Crippen LogP contribution < -0.4 is 0 Å². The Balaban J connectivity index is 1.95. The third-order valence-corrected chi connectivity index (χ3v) is 4.34. The molecular formula is C19H21NO3. The van der Waals surface area contributed by atoms with Gasteiger partial charge in [0.1, 0.15) is 5.60 Å². The third kappa shape index (κ3) is 3.08. The molecule has 2 atom stereocenters. The number of carbonyl (C=O) groups is 1. The molecule has 2 aromatic rings. The highest BCUT2D eigenvalue weighted by Gasteiger charge is 2.46. The van der Waals surface area contributed by atoms with Gasteiger partial charge in [0.2, 0.25) is 0 Å². The van der Waals surface area contributed by atoms with Crippen molar-refractivity contribution in [1.82, 2.24) is 4.90 Å². The first kappa shape index (κ1) is 15.6. The number of amides is 1. The third-order valence-electron chi connectivity index (χ3n) is 4.34. The van der Waals surface area contributed by atoms with Crippen molar-refractivity contribution in [2.24, 2.45) is 0 Å². The van der Waals surface area contributed by atoms with E-state index >= 15 is 0 Å². The minimum Gasteiger partial charge on any atom is -0.450 e. The van der Waals surface area contributed by atoms with Crippen LogP contribution in [0.25, 0.3) is 0 Å². The fourth-order valence-electron chi connectivity index (χ4n) is 3.22. The molecule has 0 spiro atoms. The molecule has 120 valence electrons. The lowest BCUT2D eigenvalue weighted by Gasteiger charge is -2.24. The summed E-state index contributed by atoms with van der Waals surface area (Å²) in [5.74, 6) is 0. The van der Waals surface area contributed by atoms with Gasteiger partial charge in [0.15, 0.2) is 0 Å². The molecule has 4 heteroatoms. The highest BCUT2D eigenvalue weighted by Crippen LogP contribution is 2.43. The Morgan fingerprint density at radius 1 is 1.17 bits per heavy atom. The Labute approximate surface area is 136 Å². The number of benzene rings is 2. The molecule has 1 aliphatic rings. The molecule has 2 aromatic carbocycles. The highest BCUT2D eigenvalue weighted by molar-refractivity contribution is 5.69. The number of ether oxygens (including phenoxy) is 1.